The zero-order valence-electron chi connectivity index (χ0n) is 40.0. The van der Waals surface area contributed by atoms with E-state index >= 15 is 0 Å². The minimum Gasteiger partial charge on any atom is -0.790 e. The van der Waals surface area contributed by atoms with Gasteiger partial charge in [0, 0.05) is 37.1 Å². The van der Waals surface area contributed by atoms with Crippen molar-refractivity contribution in [3.8, 4) is 0 Å². The van der Waals surface area contributed by atoms with E-state index in [9.17, 15) is 63.0 Å². The van der Waals surface area contributed by atoms with Crippen LogP contribution in [0.5, 0.6) is 0 Å². The molecular weight excluding hydrogens is 1000 g/mol. The Morgan fingerprint density at radius 1 is 0.871 bits per heavy atom. The third-order valence-electron chi connectivity index (χ3n) is 11.3. The van der Waals surface area contributed by atoms with Crippen LogP contribution in [0.3, 0.4) is 0 Å². The number of nitrogens with zero attached hydrogens (tertiary/aromatic N) is 4. The summed E-state index contributed by atoms with van der Waals surface area (Å²) in [5.74, 6) is -1.32. The van der Waals surface area contributed by atoms with E-state index in [0.29, 0.717) is 6.42 Å². The average Bonchev–Trinajstić information content (AvgIpc) is 3.84. The van der Waals surface area contributed by atoms with Gasteiger partial charge >= 0.3 is 0 Å². The Hall–Kier alpha value is -2.48. The van der Waals surface area contributed by atoms with E-state index in [1.54, 1.807) is 0 Å². The van der Waals surface area contributed by atoms with Gasteiger partial charge in [-0.05, 0) is 6.42 Å². The summed E-state index contributed by atoms with van der Waals surface area (Å²) in [6.07, 6.45) is 10.9. The van der Waals surface area contributed by atoms with Crippen molar-refractivity contribution in [2.45, 2.75) is 173 Å². The number of amides is 2. The van der Waals surface area contributed by atoms with Crippen LogP contribution in [0.1, 0.15) is 143 Å². The summed E-state index contributed by atoms with van der Waals surface area (Å²) in [4.78, 5) is 97.0. The summed E-state index contributed by atoms with van der Waals surface area (Å²) < 4.78 is 60.8. The van der Waals surface area contributed by atoms with Crippen molar-refractivity contribution in [2.75, 3.05) is 37.8 Å². The van der Waals surface area contributed by atoms with Crippen LogP contribution in [0.2, 0.25) is 0 Å². The molecule has 8 atom stereocenters. The number of imidazole rings is 1. The zero-order chi connectivity index (χ0) is 52.0. The molecule has 7 N–H and O–H groups in total. The Morgan fingerprint density at radius 3 is 2.06 bits per heavy atom. The van der Waals surface area contributed by atoms with Gasteiger partial charge in [-0.2, -0.15) is 0 Å². The number of carbonyl (C=O) groups excluding carboxylic acids is 3. The van der Waals surface area contributed by atoms with Crippen LogP contribution in [-0.4, -0.2) is 114 Å². The number of aliphatic hydroxyl groups is 3. The van der Waals surface area contributed by atoms with E-state index in [2.05, 4.69) is 50.4 Å². The van der Waals surface area contributed by atoms with Crippen molar-refractivity contribution in [1.29, 1.82) is 0 Å². The number of unbranched alkanes of at least 4 members (excludes halogenated alkanes) is 14. The molecule has 0 saturated carbocycles. The normalized spacial score (nSPS) is 20.2. The Morgan fingerprint density at radius 2 is 1.46 bits per heavy atom. The molecule has 1 fully saturated rings. The van der Waals surface area contributed by atoms with E-state index in [1.165, 1.54) is 90.9 Å². The maximum Gasteiger partial charge on any atom is 0.274 e. The molecule has 2 aromatic heterocycles. The molecule has 29 heteroatoms. The summed E-state index contributed by atoms with van der Waals surface area (Å²) in [5, 5.41) is 36.5. The molecule has 2 amide bonds. The quantitative estimate of drug-likeness (QED) is 0.0417. The van der Waals surface area contributed by atoms with Crippen LogP contribution in [0, 0.1) is 5.41 Å². The van der Waals surface area contributed by atoms with Crippen LogP contribution in [-0.2, 0) is 50.7 Å². The number of nitrogen functional groups attached to an aromatic ring is 1. The molecule has 1 aliphatic rings. The number of phosphoric ester groups is 3. The lowest BCUT2D eigenvalue weighted by Crippen LogP contribution is -2.46. The molecule has 0 aliphatic carbocycles. The number of anilines is 1. The van der Waals surface area contributed by atoms with E-state index < -0.39 is 90.7 Å². The number of rotatable bonds is 37. The lowest BCUT2D eigenvalue weighted by atomic mass is 9.87. The number of aliphatic hydroxyl groups excluding tert-OH is 3. The number of nitrogens with two attached hydrogens (primary N) is 1. The van der Waals surface area contributed by atoms with Crippen LogP contribution >= 0.6 is 35.2 Å². The third kappa shape index (κ3) is 23.2. The molecule has 402 valence electrons. The van der Waals surface area contributed by atoms with Crippen LogP contribution < -0.4 is 35.9 Å². The number of carbonyl (C=O) groups is 3. The molecule has 1 aliphatic heterocycles. The Balaban J connectivity index is 1.28. The number of hydrogen-bond donors (Lipinski definition) is 6. The van der Waals surface area contributed by atoms with E-state index in [1.807, 2.05) is 0 Å². The highest BCUT2D eigenvalue weighted by molar-refractivity contribution is 8.13. The van der Waals surface area contributed by atoms with Crippen molar-refractivity contribution in [3.05, 3.63) is 12.7 Å². The minimum absolute atomic E-state index is 0.0175. The van der Waals surface area contributed by atoms with Crippen molar-refractivity contribution in [1.82, 2.24) is 30.2 Å². The van der Waals surface area contributed by atoms with Gasteiger partial charge in [0.25, 0.3) is 15.6 Å². The first-order valence-electron chi connectivity index (χ1n) is 23.6. The molecule has 2 aromatic rings. The van der Waals surface area contributed by atoms with E-state index in [4.69, 9.17) is 10.5 Å². The fraction of sp³-hybridized carbons (Fsp3) is 0.805. The third-order valence-corrected chi connectivity index (χ3v) is 15.2. The minimum atomic E-state index is -5.93. The topological polar surface area (TPSA) is 395 Å². The highest BCUT2D eigenvalue weighted by Crippen LogP contribution is 2.56. The number of aromatic nitrogens is 4. The van der Waals surface area contributed by atoms with E-state index in [0.717, 1.165) is 48.2 Å². The number of hydrogen-bond acceptors (Lipinski definition) is 23. The van der Waals surface area contributed by atoms with Crippen molar-refractivity contribution in [2.24, 2.45) is 5.41 Å². The number of thioether (sulfide) groups is 1. The van der Waals surface area contributed by atoms with Gasteiger partial charge in [0.05, 0.1) is 33.5 Å². The first kappa shape index (κ1) is 61.8. The van der Waals surface area contributed by atoms with Crippen LogP contribution in [0.4, 0.5) is 5.82 Å². The van der Waals surface area contributed by atoms with Crippen molar-refractivity contribution < 1.29 is 85.6 Å². The summed E-state index contributed by atoms with van der Waals surface area (Å²) >= 11 is 0.991. The van der Waals surface area contributed by atoms with Gasteiger partial charge in [0.1, 0.15) is 36.3 Å². The lowest BCUT2D eigenvalue weighted by molar-refractivity contribution is -0.347. The van der Waals surface area contributed by atoms with Gasteiger partial charge in [0.15, 0.2) is 22.8 Å². The first-order chi connectivity index (χ1) is 32.9. The van der Waals surface area contributed by atoms with Crippen molar-refractivity contribution in [3.63, 3.8) is 0 Å². The van der Waals surface area contributed by atoms with Crippen molar-refractivity contribution >= 4 is 69.1 Å². The van der Waals surface area contributed by atoms with Gasteiger partial charge in [-0.25, -0.2) is 19.3 Å². The molecule has 1 saturated heterocycles. The molecule has 0 spiro atoms. The molecule has 0 radical (unpaired) electrons. The maximum absolute atomic E-state index is 12.7. The van der Waals surface area contributed by atoms with Gasteiger partial charge in [-0.3, -0.25) is 28.1 Å². The molecule has 3 rings (SSSR count). The first-order valence-corrected chi connectivity index (χ1v) is 29.0. The summed E-state index contributed by atoms with van der Waals surface area (Å²) in [6.45, 7) is 2.25. The molecule has 25 nitrogen and oxygen atoms in total. The summed E-state index contributed by atoms with van der Waals surface area (Å²) in [7, 11) is -17.6. The SMILES string of the molecule is CCCCCCCCCCCCCCCCCC(O)CC(=O)SCCNC(=O)CCNC(=O)[C@H](O)C(C)(C)COP(=O)([O-])OP(=O)([O-])OC[C@H]1O[C@@H](n2cnc3c(N)ncnc32)[C@H](O)[C@@H]1OP(=O)([O-])[O-]. The summed E-state index contributed by atoms with van der Waals surface area (Å²) in [6, 6.07) is 0. The Kier molecular flexibility index (Phi) is 27.1. The van der Waals surface area contributed by atoms with Crippen LogP contribution in [0.25, 0.3) is 11.2 Å². The molecular formula is C41H70N7O18P3S-4. The molecule has 3 heterocycles. The highest BCUT2D eigenvalue weighted by atomic mass is 32.2. The van der Waals surface area contributed by atoms with Gasteiger partial charge in [-0.15, -0.1) is 0 Å². The monoisotopic (exact) mass is 1070 g/mol. The second-order valence-electron chi connectivity index (χ2n) is 17.8. The smallest absolute Gasteiger partial charge is 0.274 e. The Bertz CT molecular complexity index is 2070. The molecule has 0 bridgehead atoms. The number of nitrogens with one attached hydrogen (secondary N) is 2. The van der Waals surface area contributed by atoms with E-state index in [-0.39, 0.29) is 53.8 Å². The van der Waals surface area contributed by atoms with Gasteiger partial charge < -0.3 is 74.1 Å². The maximum atomic E-state index is 12.7. The number of phosphoric acid groups is 3. The largest absolute Gasteiger partial charge is 0.790 e. The lowest BCUT2D eigenvalue weighted by Gasteiger charge is -2.36. The number of ether oxygens (including phenoxy) is 1. The Labute approximate surface area is 412 Å². The van der Waals surface area contributed by atoms with Gasteiger partial charge in [0.2, 0.25) is 11.8 Å². The second kappa shape index (κ2) is 30.7. The molecule has 70 heavy (non-hydrogen) atoms. The summed E-state index contributed by atoms with van der Waals surface area (Å²) in [5.41, 5.74) is 4.07. The average molecular weight is 1070 g/mol. The van der Waals surface area contributed by atoms with Crippen LogP contribution in [0.15, 0.2) is 12.7 Å². The predicted molar refractivity (Wildman–Crippen MR) is 248 cm³/mol. The predicted octanol–water partition coefficient (Wildman–Crippen LogP) is 2.15. The van der Waals surface area contributed by atoms with Gasteiger partial charge in [-0.1, -0.05) is 129 Å². The standard InChI is InChI=1S/C41H74N7O18P3S/c1-4-5-6-7-8-9-10-11-12-13-14-15-16-17-18-19-29(49)24-32(51)70-23-22-43-31(50)20-21-44-39(54)36(53)41(2,3)26-63-69(60,61)66-68(58,59)62-25-30-35(65-67(55,56)57)34(52)40(64-30)48-28-47-33-37(42)45-27-46-38(33)48/h27-30,34-36,40,49,52-53H,4-26H2,1-3H3,(H,43,50)(H,44,54)(H,58,59)(H,60,61)(H2,42,45,46)(H2,55,56,57)/p-4/t29?,30-,34-,35-,36+,40-/m1/s1. The zero-order valence-corrected chi connectivity index (χ0v) is 43.5. The number of fused-ring (bicyclic) bond motifs is 1. The fourth-order valence-electron chi connectivity index (χ4n) is 7.38. The molecule has 0 aromatic carbocycles. The highest BCUT2D eigenvalue weighted by Gasteiger charge is 2.47. The fourth-order valence-corrected chi connectivity index (χ4v) is 10.9. The molecule has 3 unspecified atom stereocenters. The second-order valence-corrected chi connectivity index (χ2v) is 23.0.